The minimum atomic E-state index is -0.476. The smallest absolute Gasteiger partial charge is 0.256 e. The molecule has 1 atom stereocenters. The average molecular weight is 203 g/mol. The molecule has 1 amide bonds. The van der Waals surface area contributed by atoms with E-state index in [1.54, 1.807) is 0 Å². The van der Waals surface area contributed by atoms with Crippen molar-refractivity contribution >= 4 is 11.9 Å². The molecule has 0 radical (unpaired) electrons. The number of aliphatic imine (C=N–C) groups is 1. The fourth-order valence-corrected chi connectivity index (χ4v) is 1.59. The molecule has 0 saturated carbocycles. The van der Waals surface area contributed by atoms with Crippen LogP contribution in [-0.4, -0.2) is 11.9 Å². The molecule has 1 aromatic carbocycles. The Hall–Kier alpha value is -1.84. The monoisotopic (exact) mass is 203 g/mol. The fraction of sp³-hybridized carbons (Fsp3) is 0.273. The Morgan fingerprint density at radius 2 is 2.07 bits per heavy atom. The van der Waals surface area contributed by atoms with Gasteiger partial charge >= 0.3 is 0 Å². The Bertz CT molecular complexity index is 408. The van der Waals surface area contributed by atoms with Gasteiger partial charge < -0.3 is 5.73 Å². The Labute approximate surface area is 88.2 Å². The van der Waals surface area contributed by atoms with Gasteiger partial charge in [-0.05, 0) is 17.5 Å². The molecule has 0 bridgehead atoms. The second kappa shape index (κ2) is 3.73. The fourth-order valence-electron chi connectivity index (χ4n) is 1.59. The third-order valence-corrected chi connectivity index (χ3v) is 2.47. The average Bonchev–Trinajstić information content (AvgIpc) is 2.58. The Balaban J connectivity index is 2.26. The molecule has 0 saturated heterocycles. The number of hydrogen-bond donors (Lipinski definition) is 2. The van der Waals surface area contributed by atoms with Gasteiger partial charge in [0, 0.05) is 0 Å². The van der Waals surface area contributed by atoms with E-state index in [0.717, 1.165) is 12.0 Å². The van der Waals surface area contributed by atoms with Crippen molar-refractivity contribution in [2.75, 3.05) is 0 Å². The highest BCUT2D eigenvalue weighted by molar-refractivity contribution is 6.04. The first-order chi connectivity index (χ1) is 7.20. The quantitative estimate of drug-likeness (QED) is 0.744. The van der Waals surface area contributed by atoms with E-state index in [0.29, 0.717) is 0 Å². The SMILES string of the molecule is CCc1ccc(C2N=C(N)NC2=O)cc1. The minimum absolute atomic E-state index is 0.156. The van der Waals surface area contributed by atoms with Gasteiger partial charge in [0.1, 0.15) is 0 Å². The Morgan fingerprint density at radius 3 is 2.53 bits per heavy atom. The number of nitrogens with two attached hydrogens (primary N) is 1. The summed E-state index contributed by atoms with van der Waals surface area (Å²) < 4.78 is 0. The van der Waals surface area contributed by atoms with Crippen molar-refractivity contribution < 1.29 is 4.79 Å². The third-order valence-electron chi connectivity index (χ3n) is 2.47. The van der Waals surface area contributed by atoms with Crippen LogP contribution in [0.15, 0.2) is 29.3 Å². The van der Waals surface area contributed by atoms with Crippen LogP contribution in [0, 0.1) is 0 Å². The van der Waals surface area contributed by atoms with Crippen molar-refractivity contribution in [3.63, 3.8) is 0 Å². The molecule has 1 aliphatic rings. The van der Waals surface area contributed by atoms with Crippen molar-refractivity contribution in [3.05, 3.63) is 35.4 Å². The molecule has 1 aliphatic heterocycles. The lowest BCUT2D eigenvalue weighted by Crippen LogP contribution is -2.31. The maximum Gasteiger partial charge on any atom is 0.256 e. The van der Waals surface area contributed by atoms with E-state index in [-0.39, 0.29) is 11.9 Å². The molecule has 1 heterocycles. The number of hydrogen-bond acceptors (Lipinski definition) is 3. The van der Waals surface area contributed by atoms with Crippen LogP contribution in [0.2, 0.25) is 0 Å². The topological polar surface area (TPSA) is 67.5 Å². The van der Waals surface area contributed by atoms with E-state index in [1.165, 1.54) is 5.56 Å². The predicted molar refractivity (Wildman–Crippen MR) is 58.3 cm³/mol. The summed E-state index contributed by atoms with van der Waals surface area (Å²) in [7, 11) is 0. The molecule has 0 fully saturated rings. The number of aryl methyl sites for hydroxylation is 1. The number of carbonyl (C=O) groups is 1. The van der Waals surface area contributed by atoms with E-state index in [4.69, 9.17) is 5.73 Å². The number of guanidine groups is 1. The van der Waals surface area contributed by atoms with Crippen LogP contribution in [-0.2, 0) is 11.2 Å². The lowest BCUT2D eigenvalue weighted by molar-refractivity contribution is -0.120. The second-order valence-electron chi connectivity index (χ2n) is 3.50. The molecular weight excluding hydrogens is 190 g/mol. The highest BCUT2D eigenvalue weighted by Crippen LogP contribution is 2.20. The molecule has 3 N–H and O–H groups in total. The van der Waals surface area contributed by atoms with Crippen molar-refractivity contribution in [1.82, 2.24) is 5.32 Å². The summed E-state index contributed by atoms with van der Waals surface area (Å²) in [4.78, 5) is 15.5. The van der Waals surface area contributed by atoms with Crippen LogP contribution in [0.3, 0.4) is 0 Å². The summed E-state index contributed by atoms with van der Waals surface area (Å²) in [6.45, 7) is 2.09. The first-order valence-corrected chi connectivity index (χ1v) is 4.93. The van der Waals surface area contributed by atoms with Gasteiger partial charge in [-0.3, -0.25) is 10.1 Å². The molecule has 0 aliphatic carbocycles. The molecule has 1 unspecified atom stereocenters. The van der Waals surface area contributed by atoms with Gasteiger partial charge in [-0.1, -0.05) is 31.2 Å². The largest absolute Gasteiger partial charge is 0.370 e. The molecule has 0 aromatic heterocycles. The van der Waals surface area contributed by atoms with Crippen LogP contribution in [0.4, 0.5) is 0 Å². The van der Waals surface area contributed by atoms with E-state index in [2.05, 4.69) is 17.2 Å². The second-order valence-corrected chi connectivity index (χ2v) is 3.50. The number of carbonyl (C=O) groups excluding carboxylic acids is 1. The van der Waals surface area contributed by atoms with Crippen LogP contribution in [0.1, 0.15) is 24.1 Å². The predicted octanol–water partition coefficient (Wildman–Crippen LogP) is 0.735. The van der Waals surface area contributed by atoms with Crippen LogP contribution >= 0.6 is 0 Å². The Morgan fingerprint density at radius 1 is 1.40 bits per heavy atom. The maximum absolute atomic E-state index is 11.4. The van der Waals surface area contributed by atoms with Gasteiger partial charge in [-0.25, -0.2) is 4.99 Å². The molecule has 1 aromatic rings. The number of rotatable bonds is 2. The molecule has 4 heteroatoms. The normalized spacial score (nSPS) is 19.9. The summed E-state index contributed by atoms with van der Waals surface area (Å²) in [5.41, 5.74) is 7.55. The van der Waals surface area contributed by atoms with Crippen molar-refractivity contribution in [2.45, 2.75) is 19.4 Å². The van der Waals surface area contributed by atoms with Crippen LogP contribution < -0.4 is 11.1 Å². The zero-order valence-electron chi connectivity index (χ0n) is 8.53. The molecule has 15 heavy (non-hydrogen) atoms. The highest BCUT2D eigenvalue weighted by atomic mass is 16.2. The standard InChI is InChI=1S/C11H13N3O/c1-2-7-3-5-8(6-4-7)9-10(15)14-11(12)13-9/h3-6,9H,2H2,1H3,(H3,12,13,14,15). The summed E-state index contributed by atoms with van der Waals surface area (Å²) in [5, 5.41) is 2.48. The van der Waals surface area contributed by atoms with Gasteiger partial charge in [0.25, 0.3) is 5.91 Å². The summed E-state index contributed by atoms with van der Waals surface area (Å²) in [5.74, 6) is 0.0429. The van der Waals surface area contributed by atoms with Crippen LogP contribution in [0.5, 0.6) is 0 Å². The highest BCUT2D eigenvalue weighted by Gasteiger charge is 2.26. The summed E-state index contributed by atoms with van der Waals surface area (Å²) in [6, 6.07) is 7.38. The van der Waals surface area contributed by atoms with Crippen LogP contribution in [0.25, 0.3) is 0 Å². The maximum atomic E-state index is 11.4. The zero-order chi connectivity index (χ0) is 10.8. The van der Waals surface area contributed by atoms with Crippen molar-refractivity contribution in [3.8, 4) is 0 Å². The molecule has 4 nitrogen and oxygen atoms in total. The van der Waals surface area contributed by atoms with E-state index < -0.39 is 6.04 Å². The number of benzene rings is 1. The first kappa shape index (κ1) is 9.71. The van der Waals surface area contributed by atoms with Gasteiger partial charge in [0.15, 0.2) is 12.0 Å². The molecule has 0 spiro atoms. The molecule has 2 rings (SSSR count). The van der Waals surface area contributed by atoms with E-state index in [9.17, 15) is 4.79 Å². The number of nitrogens with zero attached hydrogens (tertiary/aromatic N) is 1. The Kier molecular flexibility index (Phi) is 2.41. The summed E-state index contributed by atoms with van der Waals surface area (Å²) in [6.07, 6.45) is 0.989. The lowest BCUT2D eigenvalue weighted by atomic mass is 10.0. The number of amides is 1. The van der Waals surface area contributed by atoms with Gasteiger partial charge in [-0.15, -0.1) is 0 Å². The van der Waals surface area contributed by atoms with Gasteiger partial charge in [0.2, 0.25) is 0 Å². The van der Waals surface area contributed by atoms with E-state index >= 15 is 0 Å². The van der Waals surface area contributed by atoms with Gasteiger partial charge in [0.05, 0.1) is 0 Å². The third kappa shape index (κ3) is 1.83. The molecule has 78 valence electrons. The molecular formula is C11H13N3O. The zero-order valence-corrected chi connectivity index (χ0v) is 8.53. The van der Waals surface area contributed by atoms with Gasteiger partial charge in [-0.2, -0.15) is 0 Å². The summed E-state index contributed by atoms with van der Waals surface area (Å²) >= 11 is 0. The lowest BCUT2D eigenvalue weighted by Gasteiger charge is -2.05. The van der Waals surface area contributed by atoms with E-state index in [1.807, 2.05) is 24.3 Å². The van der Waals surface area contributed by atoms with Crippen molar-refractivity contribution in [2.24, 2.45) is 10.7 Å². The first-order valence-electron chi connectivity index (χ1n) is 4.93. The minimum Gasteiger partial charge on any atom is -0.370 e. The number of nitrogens with one attached hydrogen (secondary N) is 1. The van der Waals surface area contributed by atoms with Crippen molar-refractivity contribution in [1.29, 1.82) is 0 Å².